The van der Waals surface area contributed by atoms with Crippen LogP contribution in [0.25, 0.3) is 0 Å². The van der Waals surface area contributed by atoms with Crippen LogP contribution in [0.2, 0.25) is 34.8 Å². The van der Waals surface area contributed by atoms with E-state index in [-0.39, 0.29) is 45.8 Å². The van der Waals surface area contributed by atoms with Crippen LogP contribution in [0, 0.1) is 28.7 Å². The van der Waals surface area contributed by atoms with Crippen LogP contribution in [-0.4, -0.2) is 52.0 Å². The quantitative estimate of drug-likeness (QED) is 0.223. The molecule has 8 heteroatoms. The molecule has 2 saturated carbocycles. The van der Waals surface area contributed by atoms with Gasteiger partial charge in [-0.15, -0.1) is 5.54 Å². The summed E-state index contributed by atoms with van der Waals surface area (Å²) in [5.41, 5.74) is 5.94. The van der Waals surface area contributed by atoms with Gasteiger partial charge in [0.05, 0.1) is 13.2 Å². The molecule has 52 heavy (non-hydrogen) atoms. The third-order valence-corrected chi connectivity index (χ3v) is 25.8. The Kier molecular flexibility index (Phi) is 10.3. The standard InChI is InChI=1S/C44H66F2O4Si2/c1-29(2)52(30(3)4,31(5)6)26-23-44(45,46)43(47)22-20-38-36-18-15-33-27-42(48-24-25-49-42)21-19-35(33)39(36)37(28-41(38,43)10)32-13-16-34(17-14-32)50-51(11,12)40(7,8)9/h13-14,16-17,27,29-31,36-38,47H,15,18-22,24-25,28H2,1-12H3/t36-,37+,38-,41-,43-/m0/s1. The summed E-state index contributed by atoms with van der Waals surface area (Å²) < 4.78 is 53.1. The van der Waals surface area contributed by atoms with Gasteiger partial charge >= 0.3 is 5.92 Å². The Labute approximate surface area is 315 Å². The number of fused-ring (bicyclic) bond motifs is 4. The van der Waals surface area contributed by atoms with Crippen LogP contribution >= 0.6 is 0 Å². The highest BCUT2D eigenvalue weighted by molar-refractivity contribution is 6.90. The Morgan fingerprint density at radius 2 is 1.50 bits per heavy atom. The predicted octanol–water partition coefficient (Wildman–Crippen LogP) is 11.7. The summed E-state index contributed by atoms with van der Waals surface area (Å²) in [5.74, 6) is -0.753. The van der Waals surface area contributed by atoms with E-state index < -0.39 is 39.1 Å². The number of hydrogen-bond acceptors (Lipinski definition) is 4. The molecule has 1 N–H and O–H groups in total. The predicted molar refractivity (Wildman–Crippen MR) is 213 cm³/mol. The van der Waals surface area contributed by atoms with E-state index in [1.54, 1.807) is 0 Å². The zero-order valence-electron chi connectivity index (χ0n) is 34.1. The monoisotopic (exact) mass is 752 g/mol. The van der Waals surface area contributed by atoms with E-state index in [9.17, 15) is 5.11 Å². The Bertz CT molecular complexity index is 1610. The van der Waals surface area contributed by atoms with E-state index in [2.05, 4.69) is 117 Å². The highest BCUT2D eigenvalue weighted by atomic mass is 28.4. The number of benzene rings is 1. The first kappa shape index (κ1) is 39.9. The fourth-order valence-corrected chi connectivity index (χ4v) is 17.5. The molecule has 0 amide bonds. The van der Waals surface area contributed by atoms with Gasteiger partial charge in [0.25, 0.3) is 0 Å². The Balaban J connectivity index is 1.44. The summed E-state index contributed by atoms with van der Waals surface area (Å²) in [6, 6.07) is 8.48. The summed E-state index contributed by atoms with van der Waals surface area (Å²) in [5, 5.41) is 12.7. The van der Waals surface area contributed by atoms with Crippen molar-refractivity contribution in [2.45, 2.75) is 172 Å². The molecule has 3 fully saturated rings. The van der Waals surface area contributed by atoms with Gasteiger partial charge in [0.15, 0.2) is 5.79 Å². The average molecular weight is 753 g/mol. The molecule has 4 aliphatic carbocycles. The Morgan fingerprint density at radius 1 is 0.904 bits per heavy atom. The van der Waals surface area contributed by atoms with Crippen molar-refractivity contribution in [1.29, 1.82) is 0 Å². The van der Waals surface area contributed by atoms with Crippen molar-refractivity contribution in [3.8, 4) is 17.2 Å². The summed E-state index contributed by atoms with van der Waals surface area (Å²) in [4.78, 5) is 0. The number of allylic oxidation sites excluding steroid dienone is 3. The van der Waals surface area contributed by atoms with Crippen molar-refractivity contribution in [2.24, 2.45) is 17.3 Å². The molecule has 6 rings (SSSR count). The van der Waals surface area contributed by atoms with Crippen molar-refractivity contribution in [3.05, 3.63) is 52.6 Å². The van der Waals surface area contributed by atoms with Gasteiger partial charge in [-0.1, -0.05) is 86.9 Å². The summed E-state index contributed by atoms with van der Waals surface area (Å²) in [6.07, 6.45) is 6.69. The molecule has 1 aromatic rings. The van der Waals surface area contributed by atoms with Crippen LogP contribution in [0.15, 0.2) is 47.1 Å². The average Bonchev–Trinajstić information content (AvgIpc) is 3.61. The summed E-state index contributed by atoms with van der Waals surface area (Å²) in [6.45, 7) is 27.3. The maximum Gasteiger partial charge on any atom is 0.336 e. The van der Waals surface area contributed by atoms with Crippen LogP contribution < -0.4 is 4.43 Å². The van der Waals surface area contributed by atoms with E-state index in [1.807, 2.05) is 6.92 Å². The van der Waals surface area contributed by atoms with Crippen molar-refractivity contribution in [2.75, 3.05) is 13.2 Å². The van der Waals surface area contributed by atoms with Gasteiger partial charge < -0.3 is 19.0 Å². The van der Waals surface area contributed by atoms with Crippen LogP contribution in [-0.2, 0) is 9.47 Å². The molecule has 1 spiro atoms. The third kappa shape index (κ3) is 6.25. The second kappa shape index (κ2) is 13.5. The molecule has 5 aliphatic rings. The van der Waals surface area contributed by atoms with Gasteiger partial charge in [0.2, 0.25) is 8.32 Å². The third-order valence-electron chi connectivity index (χ3n) is 15.1. The van der Waals surface area contributed by atoms with E-state index in [0.717, 1.165) is 37.0 Å². The van der Waals surface area contributed by atoms with Crippen LogP contribution in [0.1, 0.15) is 126 Å². The van der Waals surface area contributed by atoms with Gasteiger partial charge in [0.1, 0.15) is 19.4 Å². The maximum absolute atomic E-state index is 17.1. The van der Waals surface area contributed by atoms with Gasteiger partial charge in [-0.2, -0.15) is 8.78 Å². The van der Waals surface area contributed by atoms with E-state index in [0.29, 0.717) is 26.1 Å². The lowest BCUT2D eigenvalue weighted by Crippen LogP contribution is -2.60. The van der Waals surface area contributed by atoms with Crippen molar-refractivity contribution in [3.63, 3.8) is 0 Å². The van der Waals surface area contributed by atoms with Crippen molar-refractivity contribution >= 4 is 16.4 Å². The van der Waals surface area contributed by atoms with Gasteiger partial charge in [-0.25, -0.2) is 0 Å². The van der Waals surface area contributed by atoms with Crippen molar-refractivity contribution < 1.29 is 27.8 Å². The number of ether oxygens (including phenoxy) is 2. The molecule has 1 aliphatic heterocycles. The zero-order valence-corrected chi connectivity index (χ0v) is 36.1. The topological polar surface area (TPSA) is 47.9 Å². The fourth-order valence-electron chi connectivity index (χ4n) is 11.2. The highest BCUT2D eigenvalue weighted by Gasteiger charge is 2.71. The molecule has 4 nitrogen and oxygen atoms in total. The van der Waals surface area contributed by atoms with Crippen LogP contribution in [0.4, 0.5) is 8.78 Å². The summed E-state index contributed by atoms with van der Waals surface area (Å²) >= 11 is 0. The van der Waals surface area contributed by atoms with Crippen molar-refractivity contribution in [1.82, 2.24) is 0 Å². The number of halogens is 2. The maximum atomic E-state index is 17.1. The van der Waals surface area contributed by atoms with Gasteiger partial charge in [0, 0.05) is 17.8 Å². The fraction of sp³-hybridized carbons (Fsp3) is 0.727. The first-order valence-corrected chi connectivity index (χ1v) is 25.3. The molecular formula is C44H66F2O4Si2. The second-order valence-corrected chi connectivity index (χ2v) is 29.9. The molecule has 1 saturated heterocycles. The van der Waals surface area contributed by atoms with Crippen LogP contribution in [0.5, 0.6) is 5.75 Å². The minimum absolute atomic E-state index is 0.0520. The Morgan fingerprint density at radius 3 is 2.06 bits per heavy atom. The molecular weight excluding hydrogens is 687 g/mol. The molecule has 5 atom stereocenters. The summed E-state index contributed by atoms with van der Waals surface area (Å²) in [7, 11) is -4.50. The minimum atomic E-state index is -3.53. The first-order valence-electron chi connectivity index (χ1n) is 20.2. The number of alkyl halides is 2. The molecule has 1 aromatic carbocycles. The first-order chi connectivity index (χ1) is 24.0. The van der Waals surface area contributed by atoms with E-state index >= 15 is 8.78 Å². The number of hydrogen-bond donors (Lipinski definition) is 1. The largest absolute Gasteiger partial charge is 0.544 e. The molecule has 0 radical (unpaired) electrons. The zero-order chi connectivity index (χ0) is 38.3. The number of rotatable bonds is 7. The Hall–Kier alpha value is -1.77. The van der Waals surface area contributed by atoms with E-state index in [4.69, 9.17) is 13.9 Å². The highest BCUT2D eigenvalue weighted by Crippen LogP contribution is 2.69. The molecule has 0 aromatic heterocycles. The van der Waals surface area contributed by atoms with Gasteiger partial charge in [-0.3, -0.25) is 0 Å². The molecule has 0 unspecified atom stereocenters. The lowest BCUT2D eigenvalue weighted by molar-refractivity contribution is -0.209. The molecule has 1 heterocycles. The van der Waals surface area contributed by atoms with E-state index in [1.165, 1.54) is 16.7 Å². The second-order valence-electron chi connectivity index (χ2n) is 19.6. The lowest BCUT2D eigenvalue weighted by Gasteiger charge is -2.55. The van der Waals surface area contributed by atoms with Gasteiger partial charge in [-0.05, 0) is 126 Å². The minimum Gasteiger partial charge on any atom is -0.544 e. The molecule has 0 bridgehead atoms. The SMILES string of the molecule is CC(C)[Si](C#CC(F)(F)[C@]1(O)CC[C@H]2[C@@H]3CCC4=CC5(CCC4=C3[C@@H](c3ccc(O[Si](C)(C)C(C)(C)C)cc3)C[C@@]21C)OCCO5)(C(C)C)C(C)C. The normalized spacial score (nSPS) is 30.7. The number of aliphatic hydroxyl groups is 1. The lowest BCUT2D eigenvalue weighted by atomic mass is 9.50. The smallest absolute Gasteiger partial charge is 0.336 e. The molecule has 288 valence electrons. The van der Waals surface area contributed by atoms with Crippen LogP contribution in [0.3, 0.4) is 0 Å².